The molecule has 0 unspecified atom stereocenters. The molecule has 0 fully saturated rings. The molecule has 1 aromatic rings. The zero-order valence-corrected chi connectivity index (χ0v) is 7.93. The van der Waals surface area contributed by atoms with E-state index in [-0.39, 0.29) is 4.47 Å². The summed E-state index contributed by atoms with van der Waals surface area (Å²) in [6, 6.07) is 1.18. The highest BCUT2D eigenvalue weighted by molar-refractivity contribution is 9.10. The van der Waals surface area contributed by atoms with Crippen molar-refractivity contribution in [1.29, 1.82) is 0 Å². The van der Waals surface area contributed by atoms with E-state index in [2.05, 4.69) is 15.9 Å². The third kappa shape index (κ3) is 1.54. The standard InChI is InChI=1S/C7H4BrClF2/c1-3-2-4(10)6(9)7(11)5(3)8/h2H,1H3. The van der Waals surface area contributed by atoms with Crippen LogP contribution in [0.2, 0.25) is 5.02 Å². The molecule has 0 aliphatic rings. The van der Waals surface area contributed by atoms with Crippen LogP contribution in [0.1, 0.15) is 5.56 Å². The van der Waals surface area contributed by atoms with Crippen molar-refractivity contribution in [2.24, 2.45) is 0 Å². The fourth-order valence-electron chi connectivity index (χ4n) is 0.691. The van der Waals surface area contributed by atoms with Gasteiger partial charge < -0.3 is 0 Å². The van der Waals surface area contributed by atoms with Crippen LogP contribution in [0.3, 0.4) is 0 Å². The molecule has 0 bridgehead atoms. The zero-order valence-electron chi connectivity index (χ0n) is 5.59. The Bertz CT molecular complexity index is 273. The minimum atomic E-state index is -0.746. The molecule has 60 valence electrons. The molecule has 0 aliphatic heterocycles. The van der Waals surface area contributed by atoms with E-state index < -0.39 is 16.7 Å². The van der Waals surface area contributed by atoms with E-state index in [0.717, 1.165) is 0 Å². The Morgan fingerprint density at radius 2 is 2.00 bits per heavy atom. The highest BCUT2D eigenvalue weighted by atomic mass is 79.9. The molecule has 1 aromatic carbocycles. The summed E-state index contributed by atoms with van der Waals surface area (Å²) in [5.74, 6) is -1.48. The monoisotopic (exact) mass is 240 g/mol. The summed E-state index contributed by atoms with van der Waals surface area (Å²) < 4.78 is 25.7. The molecule has 0 aromatic heterocycles. The Morgan fingerprint density at radius 1 is 1.45 bits per heavy atom. The maximum Gasteiger partial charge on any atom is 0.159 e. The van der Waals surface area contributed by atoms with Crippen LogP contribution in [0.5, 0.6) is 0 Å². The second-order valence-electron chi connectivity index (χ2n) is 2.12. The van der Waals surface area contributed by atoms with Gasteiger partial charge in [-0.05, 0) is 34.5 Å². The number of hydrogen-bond acceptors (Lipinski definition) is 0. The lowest BCUT2D eigenvalue weighted by atomic mass is 10.2. The molecule has 1 rings (SSSR count). The fourth-order valence-corrected chi connectivity index (χ4v) is 1.27. The highest BCUT2D eigenvalue weighted by Gasteiger charge is 2.12. The maximum atomic E-state index is 12.8. The van der Waals surface area contributed by atoms with Gasteiger partial charge in [0.1, 0.15) is 10.8 Å². The van der Waals surface area contributed by atoms with Gasteiger partial charge in [0.05, 0.1) is 4.47 Å². The van der Waals surface area contributed by atoms with Gasteiger partial charge in [0.2, 0.25) is 0 Å². The first-order valence-electron chi connectivity index (χ1n) is 2.83. The van der Waals surface area contributed by atoms with Gasteiger partial charge in [-0.25, -0.2) is 8.78 Å². The zero-order chi connectivity index (χ0) is 8.59. The normalized spacial score (nSPS) is 10.3. The first-order chi connectivity index (χ1) is 5.04. The third-order valence-electron chi connectivity index (χ3n) is 1.28. The van der Waals surface area contributed by atoms with Crippen molar-refractivity contribution in [2.75, 3.05) is 0 Å². The molecule has 11 heavy (non-hydrogen) atoms. The van der Waals surface area contributed by atoms with Crippen molar-refractivity contribution in [3.05, 3.63) is 32.8 Å². The van der Waals surface area contributed by atoms with Crippen LogP contribution in [0.15, 0.2) is 10.5 Å². The summed E-state index contributed by atoms with van der Waals surface area (Å²) in [5, 5.41) is -0.470. The molecule has 0 heterocycles. The van der Waals surface area contributed by atoms with Crippen molar-refractivity contribution >= 4 is 27.5 Å². The average Bonchev–Trinajstić information content (AvgIpc) is 1.97. The van der Waals surface area contributed by atoms with Gasteiger partial charge in [-0.3, -0.25) is 0 Å². The van der Waals surface area contributed by atoms with E-state index in [4.69, 9.17) is 11.6 Å². The Balaban J connectivity index is 3.46. The van der Waals surface area contributed by atoms with E-state index in [0.29, 0.717) is 5.56 Å². The van der Waals surface area contributed by atoms with E-state index >= 15 is 0 Å². The topological polar surface area (TPSA) is 0 Å². The SMILES string of the molecule is Cc1cc(F)c(Cl)c(F)c1Br. The van der Waals surface area contributed by atoms with Crippen LogP contribution in [-0.2, 0) is 0 Å². The van der Waals surface area contributed by atoms with E-state index in [9.17, 15) is 8.78 Å². The van der Waals surface area contributed by atoms with E-state index in [1.165, 1.54) is 6.07 Å². The number of halogens is 4. The van der Waals surface area contributed by atoms with Crippen LogP contribution < -0.4 is 0 Å². The number of aryl methyl sites for hydroxylation is 1. The van der Waals surface area contributed by atoms with Crippen LogP contribution in [0, 0.1) is 18.6 Å². The molecular weight excluding hydrogens is 237 g/mol. The Kier molecular flexibility index (Phi) is 2.50. The Hall–Kier alpha value is -0.150. The first-order valence-corrected chi connectivity index (χ1v) is 4.00. The largest absolute Gasteiger partial charge is 0.205 e. The van der Waals surface area contributed by atoms with Gasteiger partial charge in [0, 0.05) is 0 Å². The molecule has 4 heteroatoms. The lowest BCUT2D eigenvalue weighted by Crippen LogP contribution is -1.88. The van der Waals surface area contributed by atoms with Crippen molar-refractivity contribution in [3.63, 3.8) is 0 Å². The van der Waals surface area contributed by atoms with Crippen LogP contribution in [0.4, 0.5) is 8.78 Å². The Morgan fingerprint density at radius 3 is 2.55 bits per heavy atom. The molecule has 0 radical (unpaired) electrons. The number of benzene rings is 1. The van der Waals surface area contributed by atoms with E-state index in [1.54, 1.807) is 6.92 Å². The van der Waals surface area contributed by atoms with Gasteiger partial charge in [0.25, 0.3) is 0 Å². The van der Waals surface area contributed by atoms with Gasteiger partial charge in [-0.1, -0.05) is 11.6 Å². The van der Waals surface area contributed by atoms with Crippen molar-refractivity contribution in [2.45, 2.75) is 6.92 Å². The summed E-state index contributed by atoms with van der Waals surface area (Å²) in [6.07, 6.45) is 0. The summed E-state index contributed by atoms with van der Waals surface area (Å²) >= 11 is 8.21. The minimum Gasteiger partial charge on any atom is -0.205 e. The van der Waals surface area contributed by atoms with Crippen molar-refractivity contribution in [3.8, 4) is 0 Å². The first kappa shape index (κ1) is 8.94. The summed E-state index contributed by atoms with van der Waals surface area (Å²) in [7, 11) is 0. The van der Waals surface area contributed by atoms with Crippen LogP contribution in [-0.4, -0.2) is 0 Å². The smallest absolute Gasteiger partial charge is 0.159 e. The van der Waals surface area contributed by atoms with Crippen molar-refractivity contribution < 1.29 is 8.78 Å². The van der Waals surface area contributed by atoms with Gasteiger partial charge in [-0.15, -0.1) is 0 Å². The van der Waals surface area contributed by atoms with Crippen LogP contribution >= 0.6 is 27.5 Å². The van der Waals surface area contributed by atoms with Crippen molar-refractivity contribution in [1.82, 2.24) is 0 Å². The molecule has 0 saturated carbocycles. The second kappa shape index (κ2) is 3.07. The maximum absolute atomic E-state index is 12.8. The molecule has 0 N–H and O–H groups in total. The molecule has 0 aliphatic carbocycles. The quantitative estimate of drug-likeness (QED) is 0.480. The second-order valence-corrected chi connectivity index (χ2v) is 3.29. The molecule has 0 amide bonds. The number of hydrogen-bond donors (Lipinski definition) is 0. The van der Waals surface area contributed by atoms with Crippen LogP contribution in [0.25, 0.3) is 0 Å². The Labute approximate surface area is 76.3 Å². The molecule has 0 atom stereocenters. The predicted molar refractivity (Wildman–Crippen MR) is 43.8 cm³/mol. The number of rotatable bonds is 0. The summed E-state index contributed by atoms with van der Waals surface area (Å²) in [6.45, 7) is 1.59. The molecule has 0 nitrogen and oxygen atoms in total. The summed E-state index contributed by atoms with van der Waals surface area (Å²) in [4.78, 5) is 0. The minimum absolute atomic E-state index is 0.212. The van der Waals surface area contributed by atoms with Gasteiger partial charge in [0.15, 0.2) is 5.82 Å². The summed E-state index contributed by atoms with van der Waals surface area (Å²) in [5.41, 5.74) is 0.490. The highest BCUT2D eigenvalue weighted by Crippen LogP contribution is 2.28. The fraction of sp³-hybridized carbons (Fsp3) is 0.143. The molecule has 0 saturated heterocycles. The molecular formula is C7H4BrClF2. The van der Waals surface area contributed by atoms with E-state index in [1.807, 2.05) is 0 Å². The third-order valence-corrected chi connectivity index (χ3v) is 2.60. The van der Waals surface area contributed by atoms with Gasteiger partial charge in [-0.2, -0.15) is 0 Å². The molecule has 0 spiro atoms. The lowest BCUT2D eigenvalue weighted by Gasteiger charge is -2.01. The van der Waals surface area contributed by atoms with Gasteiger partial charge >= 0.3 is 0 Å². The predicted octanol–water partition coefficient (Wildman–Crippen LogP) is 3.69. The lowest BCUT2D eigenvalue weighted by molar-refractivity contribution is 0.577. The average molecular weight is 241 g/mol.